The number of ether oxygens (including phenoxy) is 1. The van der Waals surface area contributed by atoms with E-state index < -0.39 is 24.3 Å². The molecule has 0 N–H and O–H groups in total. The standard InChI is InChI=1S/C23H19F5O/c1-2-3-4-5-15-6-9-18(20(24)12-15)16-7-10-19-17(13-16)8-11-21(22(19)25)29-14-23(26,27)28/h2-3,6-13H,4-5,14H2,1H3/b3-2+. The number of fused-ring (bicyclic) bond motifs is 1. The van der Waals surface area contributed by atoms with Crippen molar-refractivity contribution in [2.75, 3.05) is 6.61 Å². The van der Waals surface area contributed by atoms with Gasteiger partial charge in [0.05, 0.1) is 0 Å². The first kappa shape index (κ1) is 20.8. The van der Waals surface area contributed by atoms with Gasteiger partial charge in [-0.2, -0.15) is 13.2 Å². The number of rotatable bonds is 6. The summed E-state index contributed by atoms with van der Waals surface area (Å²) in [7, 11) is 0. The number of benzene rings is 3. The molecule has 0 atom stereocenters. The molecule has 3 aromatic rings. The zero-order valence-electron chi connectivity index (χ0n) is 15.7. The molecule has 0 amide bonds. The first-order chi connectivity index (χ1) is 13.8. The maximum Gasteiger partial charge on any atom is 0.422 e. The maximum absolute atomic E-state index is 14.6. The minimum Gasteiger partial charge on any atom is -0.481 e. The second kappa shape index (κ2) is 8.64. The monoisotopic (exact) mass is 406 g/mol. The SMILES string of the molecule is C/C=C/CCc1ccc(-c2ccc3c(F)c(OCC(F)(F)F)ccc3c2)c(F)c1. The van der Waals surface area contributed by atoms with Crippen LogP contribution in [0.2, 0.25) is 0 Å². The highest BCUT2D eigenvalue weighted by Crippen LogP contribution is 2.32. The van der Waals surface area contributed by atoms with E-state index in [1.54, 1.807) is 12.1 Å². The fourth-order valence-electron chi connectivity index (χ4n) is 3.08. The van der Waals surface area contributed by atoms with Crippen LogP contribution in [0.3, 0.4) is 0 Å². The van der Waals surface area contributed by atoms with Crippen molar-refractivity contribution in [2.24, 2.45) is 0 Å². The Morgan fingerprint density at radius 3 is 2.45 bits per heavy atom. The van der Waals surface area contributed by atoms with E-state index in [1.165, 1.54) is 24.3 Å². The summed E-state index contributed by atoms with van der Waals surface area (Å²) in [4.78, 5) is 0. The van der Waals surface area contributed by atoms with Crippen LogP contribution in [0.4, 0.5) is 22.0 Å². The van der Waals surface area contributed by atoms with Crippen LogP contribution in [0.25, 0.3) is 21.9 Å². The van der Waals surface area contributed by atoms with Crippen molar-refractivity contribution in [3.63, 3.8) is 0 Å². The smallest absolute Gasteiger partial charge is 0.422 e. The van der Waals surface area contributed by atoms with Gasteiger partial charge in [-0.1, -0.05) is 42.5 Å². The third-order valence-corrected chi connectivity index (χ3v) is 4.49. The number of hydrogen-bond acceptors (Lipinski definition) is 1. The van der Waals surface area contributed by atoms with Crippen LogP contribution in [0.5, 0.6) is 5.75 Å². The summed E-state index contributed by atoms with van der Waals surface area (Å²) in [6.45, 7) is 0.358. The Kier molecular flexibility index (Phi) is 6.20. The molecular formula is C23H19F5O. The van der Waals surface area contributed by atoms with Crippen molar-refractivity contribution in [1.29, 1.82) is 0 Å². The Morgan fingerprint density at radius 2 is 1.76 bits per heavy atom. The zero-order chi connectivity index (χ0) is 21.0. The molecule has 0 saturated heterocycles. The average Bonchev–Trinajstić information content (AvgIpc) is 2.67. The summed E-state index contributed by atoms with van der Waals surface area (Å²) in [5, 5.41) is 0.549. The van der Waals surface area contributed by atoms with Gasteiger partial charge in [-0.05, 0) is 54.5 Å². The highest BCUT2D eigenvalue weighted by Gasteiger charge is 2.29. The van der Waals surface area contributed by atoms with Gasteiger partial charge in [0.2, 0.25) is 0 Å². The summed E-state index contributed by atoms with van der Waals surface area (Å²) in [5.74, 6) is -1.73. The second-order valence-electron chi connectivity index (χ2n) is 6.64. The molecule has 3 aromatic carbocycles. The topological polar surface area (TPSA) is 9.23 Å². The zero-order valence-corrected chi connectivity index (χ0v) is 15.7. The average molecular weight is 406 g/mol. The summed E-state index contributed by atoms with van der Waals surface area (Å²) < 4.78 is 70.5. The molecule has 152 valence electrons. The fourth-order valence-corrected chi connectivity index (χ4v) is 3.08. The predicted octanol–water partition coefficient (Wildman–Crippen LogP) is 7.23. The third kappa shape index (κ3) is 5.13. The quantitative estimate of drug-likeness (QED) is 0.310. The normalized spacial score (nSPS) is 12.1. The lowest BCUT2D eigenvalue weighted by Crippen LogP contribution is -2.19. The summed E-state index contributed by atoms with van der Waals surface area (Å²) in [6.07, 6.45) is 0.950. The van der Waals surface area contributed by atoms with Crippen molar-refractivity contribution in [3.8, 4) is 16.9 Å². The molecule has 0 aliphatic heterocycles. The molecular weight excluding hydrogens is 387 g/mol. The van der Waals surface area contributed by atoms with Crippen LogP contribution >= 0.6 is 0 Å². The predicted molar refractivity (Wildman–Crippen MR) is 104 cm³/mol. The second-order valence-corrected chi connectivity index (χ2v) is 6.64. The largest absolute Gasteiger partial charge is 0.481 e. The van der Waals surface area contributed by atoms with E-state index >= 15 is 0 Å². The Balaban J connectivity index is 1.88. The van der Waals surface area contributed by atoms with Gasteiger partial charge in [0.25, 0.3) is 0 Å². The molecule has 0 heterocycles. The van der Waals surface area contributed by atoms with Gasteiger partial charge in [0.1, 0.15) is 5.82 Å². The summed E-state index contributed by atoms with van der Waals surface area (Å²) in [5.41, 5.74) is 1.81. The van der Waals surface area contributed by atoms with Crippen molar-refractivity contribution < 1.29 is 26.7 Å². The van der Waals surface area contributed by atoms with Gasteiger partial charge in [-0.25, -0.2) is 8.78 Å². The van der Waals surface area contributed by atoms with E-state index in [-0.39, 0.29) is 11.2 Å². The van der Waals surface area contributed by atoms with Crippen LogP contribution in [0.1, 0.15) is 18.9 Å². The van der Waals surface area contributed by atoms with Crippen molar-refractivity contribution >= 4 is 10.8 Å². The lowest BCUT2D eigenvalue weighted by Gasteiger charge is -2.12. The number of allylic oxidation sites excluding steroid dienone is 2. The molecule has 1 nitrogen and oxygen atoms in total. The molecule has 0 spiro atoms. The van der Waals surface area contributed by atoms with E-state index in [0.717, 1.165) is 24.5 Å². The fraction of sp³-hybridized carbons (Fsp3) is 0.217. The molecule has 0 radical (unpaired) electrons. The van der Waals surface area contributed by atoms with E-state index in [9.17, 15) is 22.0 Å². The number of alkyl halides is 3. The van der Waals surface area contributed by atoms with Crippen LogP contribution in [0.15, 0.2) is 60.7 Å². The highest BCUT2D eigenvalue weighted by molar-refractivity contribution is 5.89. The van der Waals surface area contributed by atoms with Gasteiger partial charge in [-0.15, -0.1) is 0 Å². The Morgan fingerprint density at radius 1 is 0.966 bits per heavy atom. The molecule has 0 aliphatic rings. The molecule has 0 aliphatic carbocycles. The molecule has 0 aromatic heterocycles. The lowest BCUT2D eigenvalue weighted by atomic mass is 9.98. The Bertz CT molecular complexity index is 1040. The molecule has 0 bridgehead atoms. The van der Waals surface area contributed by atoms with Crippen LogP contribution < -0.4 is 4.74 Å². The molecule has 6 heteroatoms. The van der Waals surface area contributed by atoms with Crippen LogP contribution in [-0.2, 0) is 6.42 Å². The van der Waals surface area contributed by atoms with Gasteiger partial charge >= 0.3 is 6.18 Å². The van der Waals surface area contributed by atoms with Gasteiger partial charge in [-0.3, -0.25) is 0 Å². The van der Waals surface area contributed by atoms with E-state index in [4.69, 9.17) is 0 Å². The minimum atomic E-state index is -4.55. The van der Waals surface area contributed by atoms with Crippen molar-refractivity contribution in [3.05, 3.63) is 77.9 Å². The number of halogens is 5. The molecule has 0 saturated carbocycles. The van der Waals surface area contributed by atoms with Gasteiger partial charge in [0, 0.05) is 10.9 Å². The Labute approximate surface area is 165 Å². The summed E-state index contributed by atoms with van der Waals surface area (Å²) >= 11 is 0. The minimum absolute atomic E-state index is 0.108. The maximum atomic E-state index is 14.6. The highest BCUT2D eigenvalue weighted by atomic mass is 19.4. The Hall–Kier alpha value is -2.89. The first-order valence-corrected chi connectivity index (χ1v) is 9.10. The lowest BCUT2D eigenvalue weighted by molar-refractivity contribution is -0.153. The summed E-state index contributed by atoms with van der Waals surface area (Å²) in [6, 6.07) is 12.2. The van der Waals surface area contributed by atoms with E-state index in [2.05, 4.69) is 4.74 Å². The van der Waals surface area contributed by atoms with Crippen LogP contribution in [-0.4, -0.2) is 12.8 Å². The first-order valence-electron chi connectivity index (χ1n) is 9.10. The number of hydrogen-bond donors (Lipinski definition) is 0. The number of aryl methyl sites for hydroxylation is 1. The third-order valence-electron chi connectivity index (χ3n) is 4.49. The molecule has 29 heavy (non-hydrogen) atoms. The van der Waals surface area contributed by atoms with Gasteiger partial charge in [0.15, 0.2) is 18.2 Å². The van der Waals surface area contributed by atoms with Gasteiger partial charge < -0.3 is 4.74 Å². The van der Waals surface area contributed by atoms with Crippen LogP contribution in [0, 0.1) is 11.6 Å². The van der Waals surface area contributed by atoms with E-state index in [0.29, 0.717) is 16.5 Å². The molecule has 0 fully saturated rings. The molecule has 3 rings (SSSR count). The van der Waals surface area contributed by atoms with Crippen molar-refractivity contribution in [1.82, 2.24) is 0 Å². The van der Waals surface area contributed by atoms with Crippen molar-refractivity contribution in [2.45, 2.75) is 25.9 Å². The van der Waals surface area contributed by atoms with E-state index in [1.807, 2.05) is 25.1 Å². The molecule has 0 unspecified atom stereocenters.